The molecule has 3 aromatic carbocycles. The number of benzene rings is 3. The summed E-state index contributed by atoms with van der Waals surface area (Å²) in [5.41, 5.74) is 1.19. The van der Waals surface area contributed by atoms with Crippen molar-refractivity contribution >= 4 is 27.6 Å². The van der Waals surface area contributed by atoms with Gasteiger partial charge in [0.1, 0.15) is 0 Å². The first-order valence-electron chi connectivity index (χ1n) is 7.16. The van der Waals surface area contributed by atoms with Crippen molar-refractivity contribution < 1.29 is 9.53 Å². The number of ether oxygens (including phenoxy) is 1. The normalized spacial score (nSPS) is 18.5. The molecule has 0 unspecified atom stereocenters. The first kappa shape index (κ1) is 12.2. The van der Waals surface area contributed by atoms with Crippen LogP contribution in [0.2, 0.25) is 0 Å². The first-order chi connectivity index (χ1) is 10.3. The second kappa shape index (κ2) is 4.77. The Labute approximate surface area is 122 Å². The highest BCUT2D eigenvalue weighted by Gasteiger charge is 2.24. The third kappa shape index (κ3) is 2.02. The highest BCUT2D eigenvalue weighted by molar-refractivity contribution is 6.02. The Kier molecular flexibility index (Phi) is 2.78. The van der Waals surface area contributed by atoms with Gasteiger partial charge in [0.25, 0.3) is 0 Å². The predicted molar refractivity (Wildman–Crippen MR) is 83.3 cm³/mol. The van der Waals surface area contributed by atoms with E-state index in [1.807, 2.05) is 24.3 Å². The van der Waals surface area contributed by atoms with Crippen LogP contribution in [0.25, 0.3) is 21.5 Å². The minimum absolute atomic E-state index is 0.00208. The molecule has 1 aliphatic heterocycles. The number of nitrogens with one attached hydrogen (secondary N) is 1. The Bertz CT molecular complexity index is 787. The van der Waals surface area contributed by atoms with Gasteiger partial charge < -0.3 is 10.1 Å². The van der Waals surface area contributed by atoms with E-state index in [9.17, 15) is 4.79 Å². The summed E-state index contributed by atoms with van der Waals surface area (Å²) in [4.78, 5) is 11.6. The Balaban J connectivity index is 2.04. The van der Waals surface area contributed by atoms with Crippen LogP contribution in [0.15, 0.2) is 54.6 Å². The number of cyclic esters (lactones) is 1. The summed E-state index contributed by atoms with van der Waals surface area (Å²) >= 11 is 0. The summed E-state index contributed by atoms with van der Waals surface area (Å²) in [6, 6.07) is 18.9. The number of hydrogen-bond donors (Lipinski definition) is 1. The van der Waals surface area contributed by atoms with Gasteiger partial charge in [0, 0.05) is 6.42 Å². The molecule has 21 heavy (non-hydrogen) atoms. The average molecular weight is 277 g/mol. The number of rotatable bonds is 1. The van der Waals surface area contributed by atoms with Crippen LogP contribution in [0, 0.1) is 0 Å². The number of hydrogen-bond acceptors (Lipinski definition) is 2. The van der Waals surface area contributed by atoms with Crippen molar-refractivity contribution in [3.05, 3.63) is 60.2 Å². The molecule has 3 nitrogen and oxygen atoms in total. The van der Waals surface area contributed by atoms with Crippen LogP contribution in [0.4, 0.5) is 4.79 Å². The maximum absolute atomic E-state index is 11.6. The third-order valence-corrected chi connectivity index (χ3v) is 4.09. The molecule has 3 aromatic rings. The largest absolute Gasteiger partial charge is 0.449 e. The van der Waals surface area contributed by atoms with Crippen molar-refractivity contribution in [1.82, 2.24) is 5.32 Å². The standard InChI is InChI=1S/C18H15NO2/c20-18-19-16(9-10-21-18)17-14-7-3-1-5-12(14)11-13-6-2-4-8-15(13)17/h1-8,11,16H,9-10H2,(H,19,20)/t16-/m0/s1. The summed E-state index contributed by atoms with van der Waals surface area (Å²) in [5.74, 6) is 0. The highest BCUT2D eigenvalue weighted by Crippen LogP contribution is 2.35. The maximum atomic E-state index is 11.6. The molecule has 3 heteroatoms. The fourth-order valence-corrected chi connectivity index (χ4v) is 3.17. The van der Waals surface area contributed by atoms with Gasteiger partial charge in [-0.1, -0.05) is 48.5 Å². The van der Waals surface area contributed by atoms with Gasteiger partial charge in [-0.3, -0.25) is 0 Å². The monoisotopic (exact) mass is 277 g/mol. The molecule has 0 aliphatic carbocycles. The van der Waals surface area contributed by atoms with Gasteiger partial charge in [0.15, 0.2) is 0 Å². The molecule has 4 rings (SSSR count). The maximum Gasteiger partial charge on any atom is 0.407 e. The van der Waals surface area contributed by atoms with Crippen LogP contribution >= 0.6 is 0 Å². The number of alkyl carbamates (subject to hydrolysis) is 1. The lowest BCUT2D eigenvalue weighted by molar-refractivity contribution is 0.116. The molecule has 1 fully saturated rings. The van der Waals surface area contributed by atoms with E-state index in [0.29, 0.717) is 6.61 Å². The van der Waals surface area contributed by atoms with Gasteiger partial charge in [-0.2, -0.15) is 0 Å². The summed E-state index contributed by atoms with van der Waals surface area (Å²) < 4.78 is 5.00. The zero-order chi connectivity index (χ0) is 14.2. The molecule has 1 saturated heterocycles. The van der Waals surface area contributed by atoms with Crippen LogP contribution in [-0.4, -0.2) is 12.7 Å². The highest BCUT2D eigenvalue weighted by atomic mass is 16.5. The van der Waals surface area contributed by atoms with E-state index in [4.69, 9.17) is 4.74 Å². The molecule has 1 N–H and O–H groups in total. The Hall–Kier alpha value is -2.55. The minimum atomic E-state index is -0.330. The molecule has 1 heterocycles. The van der Waals surface area contributed by atoms with E-state index in [1.54, 1.807) is 0 Å². The zero-order valence-electron chi connectivity index (χ0n) is 11.5. The average Bonchev–Trinajstić information content (AvgIpc) is 2.52. The van der Waals surface area contributed by atoms with Crippen molar-refractivity contribution in [2.24, 2.45) is 0 Å². The smallest absolute Gasteiger partial charge is 0.407 e. The van der Waals surface area contributed by atoms with Gasteiger partial charge in [-0.25, -0.2) is 4.79 Å². The molecule has 0 saturated carbocycles. The van der Waals surface area contributed by atoms with E-state index in [2.05, 4.69) is 35.6 Å². The molecule has 0 radical (unpaired) electrons. The fraction of sp³-hybridized carbons (Fsp3) is 0.167. The van der Waals surface area contributed by atoms with E-state index in [-0.39, 0.29) is 12.1 Å². The predicted octanol–water partition coefficient (Wildman–Crippen LogP) is 4.16. The van der Waals surface area contributed by atoms with Gasteiger partial charge in [0.2, 0.25) is 0 Å². The van der Waals surface area contributed by atoms with Gasteiger partial charge >= 0.3 is 6.09 Å². The molecule has 1 atom stereocenters. The van der Waals surface area contributed by atoms with E-state index in [1.165, 1.54) is 27.1 Å². The van der Waals surface area contributed by atoms with Crippen molar-refractivity contribution in [3.63, 3.8) is 0 Å². The topological polar surface area (TPSA) is 38.3 Å². The second-order valence-electron chi connectivity index (χ2n) is 5.35. The van der Waals surface area contributed by atoms with E-state index >= 15 is 0 Å². The van der Waals surface area contributed by atoms with Gasteiger partial charge in [0.05, 0.1) is 12.6 Å². The van der Waals surface area contributed by atoms with Crippen LogP contribution in [0.1, 0.15) is 18.0 Å². The summed E-state index contributed by atoms with van der Waals surface area (Å²) in [7, 11) is 0. The Morgan fingerprint density at radius 3 is 2.19 bits per heavy atom. The Morgan fingerprint density at radius 1 is 0.952 bits per heavy atom. The van der Waals surface area contributed by atoms with Crippen molar-refractivity contribution in [1.29, 1.82) is 0 Å². The number of fused-ring (bicyclic) bond motifs is 2. The number of carbonyl (C=O) groups excluding carboxylic acids is 1. The van der Waals surface area contributed by atoms with Crippen molar-refractivity contribution in [2.75, 3.05) is 6.61 Å². The molecule has 1 aliphatic rings. The molecule has 0 spiro atoms. The summed E-state index contributed by atoms with van der Waals surface area (Å²) in [5, 5.41) is 7.75. The zero-order valence-corrected chi connectivity index (χ0v) is 11.5. The Morgan fingerprint density at radius 2 is 1.57 bits per heavy atom. The van der Waals surface area contributed by atoms with Gasteiger partial charge in [-0.15, -0.1) is 0 Å². The van der Waals surface area contributed by atoms with Crippen LogP contribution in [0.5, 0.6) is 0 Å². The van der Waals surface area contributed by atoms with Crippen LogP contribution in [-0.2, 0) is 4.74 Å². The lowest BCUT2D eigenvalue weighted by Gasteiger charge is -2.26. The molecule has 104 valence electrons. The number of amides is 1. The van der Waals surface area contributed by atoms with Crippen LogP contribution < -0.4 is 5.32 Å². The molecular weight excluding hydrogens is 262 g/mol. The van der Waals surface area contributed by atoms with Gasteiger partial charge in [-0.05, 0) is 33.2 Å². The summed E-state index contributed by atoms with van der Waals surface area (Å²) in [6.07, 6.45) is 0.465. The lowest BCUT2D eigenvalue weighted by atomic mass is 9.91. The molecule has 0 aromatic heterocycles. The quantitative estimate of drug-likeness (QED) is 0.678. The number of carbonyl (C=O) groups is 1. The van der Waals surface area contributed by atoms with Crippen molar-refractivity contribution in [2.45, 2.75) is 12.5 Å². The fourth-order valence-electron chi connectivity index (χ4n) is 3.17. The molecule has 1 amide bonds. The molecule has 0 bridgehead atoms. The molecular formula is C18H15NO2. The van der Waals surface area contributed by atoms with E-state index < -0.39 is 0 Å². The summed E-state index contributed by atoms with van der Waals surface area (Å²) in [6.45, 7) is 0.466. The third-order valence-electron chi connectivity index (χ3n) is 4.09. The SMILES string of the molecule is O=C1N[C@H](c2c3ccccc3cc3ccccc23)CCO1. The first-order valence-corrected chi connectivity index (χ1v) is 7.16. The van der Waals surface area contributed by atoms with Crippen molar-refractivity contribution in [3.8, 4) is 0 Å². The second-order valence-corrected chi connectivity index (χ2v) is 5.35. The minimum Gasteiger partial charge on any atom is -0.449 e. The van der Waals surface area contributed by atoms with Crippen LogP contribution in [0.3, 0.4) is 0 Å². The van der Waals surface area contributed by atoms with E-state index in [0.717, 1.165) is 6.42 Å². The lowest BCUT2D eigenvalue weighted by Crippen LogP contribution is -2.35.